The molecule has 1 aliphatic rings. The highest BCUT2D eigenvalue weighted by Crippen LogP contribution is 2.22. The molecular formula is C20H23N3O5S. The second kappa shape index (κ2) is 9.06. The van der Waals surface area contributed by atoms with Crippen molar-refractivity contribution in [2.75, 3.05) is 25.0 Å². The zero-order valence-corrected chi connectivity index (χ0v) is 16.7. The molecule has 0 bridgehead atoms. The van der Waals surface area contributed by atoms with E-state index in [0.717, 1.165) is 19.3 Å². The smallest absolute Gasteiger partial charge is 0.262 e. The number of nitrogens with two attached hydrogens (primary N) is 1. The Kier molecular flexibility index (Phi) is 6.50. The van der Waals surface area contributed by atoms with Crippen molar-refractivity contribution in [3.05, 3.63) is 54.1 Å². The SMILES string of the molecule is NC(=O)c1cccc(OCC(=O)Nc2ccc(S(=O)(=O)N3CCCCC3)cc2)c1. The van der Waals surface area contributed by atoms with Gasteiger partial charge in [-0.1, -0.05) is 12.5 Å². The summed E-state index contributed by atoms with van der Waals surface area (Å²) in [4.78, 5) is 23.5. The van der Waals surface area contributed by atoms with Gasteiger partial charge in [0.1, 0.15) is 5.75 Å². The number of sulfonamides is 1. The maximum absolute atomic E-state index is 12.6. The highest BCUT2D eigenvalue weighted by molar-refractivity contribution is 7.89. The molecular weight excluding hydrogens is 394 g/mol. The Bertz CT molecular complexity index is 983. The van der Waals surface area contributed by atoms with Gasteiger partial charge in [-0.3, -0.25) is 9.59 Å². The third kappa shape index (κ3) is 5.33. The molecule has 0 aliphatic carbocycles. The zero-order valence-electron chi connectivity index (χ0n) is 15.8. The highest BCUT2D eigenvalue weighted by atomic mass is 32.2. The van der Waals surface area contributed by atoms with Crippen LogP contribution >= 0.6 is 0 Å². The number of primary amides is 1. The van der Waals surface area contributed by atoms with Gasteiger partial charge in [-0.05, 0) is 55.3 Å². The van der Waals surface area contributed by atoms with E-state index < -0.39 is 21.8 Å². The average Bonchev–Trinajstić information content (AvgIpc) is 2.73. The van der Waals surface area contributed by atoms with Gasteiger partial charge in [-0.25, -0.2) is 8.42 Å². The first-order valence-electron chi connectivity index (χ1n) is 9.29. The summed E-state index contributed by atoms with van der Waals surface area (Å²) in [5, 5.41) is 2.64. The average molecular weight is 417 g/mol. The number of nitrogens with one attached hydrogen (secondary N) is 1. The van der Waals surface area contributed by atoms with E-state index in [1.807, 2.05) is 0 Å². The number of hydrogen-bond acceptors (Lipinski definition) is 5. The van der Waals surface area contributed by atoms with Crippen LogP contribution in [0.2, 0.25) is 0 Å². The molecule has 0 aromatic heterocycles. The largest absolute Gasteiger partial charge is 0.484 e. The summed E-state index contributed by atoms with van der Waals surface area (Å²) in [5.74, 6) is -0.653. The Balaban J connectivity index is 1.57. The summed E-state index contributed by atoms with van der Waals surface area (Å²) in [6.45, 7) is 0.806. The minimum atomic E-state index is -3.51. The maximum atomic E-state index is 12.6. The molecule has 2 amide bonds. The second-order valence-electron chi connectivity index (χ2n) is 6.72. The predicted octanol–water partition coefficient (Wildman–Crippen LogP) is 1.98. The van der Waals surface area contributed by atoms with Crippen molar-refractivity contribution in [2.45, 2.75) is 24.2 Å². The van der Waals surface area contributed by atoms with Crippen LogP contribution in [0.1, 0.15) is 29.6 Å². The Morgan fingerprint density at radius 3 is 2.38 bits per heavy atom. The molecule has 29 heavy (non-hydrogen) atoms. The molecule has 0 atom stereocenters. The molecule has 0 spiro atoms. The number of carbonyl (C=O) groups is 2. The van der Waals surface area contributed by atoms with E-state index in [1.165, 1.54) is 22.5 Å². The van der Waals surface area contributed by atoms with Crippen molar-refractivity contribution in [1.82, 2.24) is 4.31 Å². The number of hydrogen-bond donors (Lipinski definition) is 2. The van der Waals surface area contributed by atoms with Gasteiger partial charge in [0.15, 0.2) is 6.61 Å². The molecule has 8 nitrogen and oxygen atoms in total. The summed E-state index contributed by atoms with van der Waals surface area (Å²) < 4.78 is 32.1. The van der Waals surface area contributed by atoms with Gasteiger partial charge in [-0.2, -0.15) is 4.31 Å². The number of rotatable bonds is 7. The minimum absolute atomic E-state index is 0.205. The van der Waals surface area contributed by atoms with Crippen molar-refractivity contribution in [3.63, 3.8) is 0 Å². The number of piperidine rings is 1. The van der Waals surface area contributed by atoms with Crippen LogP contribution in [0, 0.1) is 0 Å². The Morgan fingerprint density at radius 2 is 1.72 bits per heavy atom. The molecule has 3 N–H and O–H groups in total. The monoisotopic (exact) mass is 417 g/mol. The van der Waals surface area contributed by atoms with Gasteiger partial charge in [0.05, 0.1) is 4.90 Å². The first-order valence-corrected chi connectivity index (χ1v) is 10.7. The van der Waals surface area contributed by atoms with E-state index >= 15 is 0 Å². The van der Waals surface area contributed by atoms with Crippen LogP contribution in [-0.4, -0.2) is 44.2 Å². The van der Waals surface area contributed by atoms with Gasteiger partial charge >= 0.3 is 0 Å². The van der Waals surface area contributed by atoms with E-state index in [2.05, 4.69) is 5.32 Å². The quantitative estimate of drug-likeness (QED) is 0.714. The Hall–Kier alpha value is -2.91. The van der Waals surface area contributed by atoms with Crippen LogP contribution in [0.25, 0.3) is 0 Å². The lowest BCUT2D eigenvalue weighted by Gasteiger charge is -2.25. The number of nitrogens with zero attached hydrogens (tertiary/aromatic N) is 1. The fourth-order valence-electron chi connectivity index (χ4n) is 3.05. The standard InChI is InChI=1S/C20H23N3O5S/c21-20(25)15-5-4-6-17(13-15)28-14-19(24)22-16-7-9-18(10-8-16)29(26,27)23-11-2-1-3-12-23/h4-10,13H,1-3,11-12,14H2,(H2,21,25)(H,22,24). The predicted molar refractivity (Wildman–Crippen MR) is 108 cm³/mol. The number of carbonyl (C=O) groups excluding carboxylic acids is 2. The molecule has 2 aromatic carbocycles. The van der Waals surface area contributed by atoms with Crippen LogP contribution in [-0.2, 0) is 14.8 Å². The van der Waals surface area contributed by atoms with Crippen LogP contribution < -0.4 is 15.8 Å². The fraction of sp³-hybridized carbons (Fsp3) is 0.300. The number of ether oxygens (including phenoxy) is 1. The first kappa shape index (κ1) is 20.8. The zero-order chi connectivity index (χ0) is 20.9. The van der Waals surface area contributed by atoms with E-state index in [0.29, 0.717) is 24.5 Å². The maximum Gasteiger partial charge on any atom is 0.262 e. The molecule has 0 radical (unpaired) electrons. The molecule has 0 saturated carbocycles. The van der Waals surface area contributed by atoms with Gasteiger partial charge in [-0.15, -0.1) is 0 Å². The van der Waals surface area contributed by atoms with Gasteiger partial charge in [0, 0.05) is 24.3 Å². The molecule has 154 valence electrons. The lowest BCUT2D eigenvalue weighted by Crippen LogP contribution is -2.35. The molecule has 1 heterocycles. The third-order valence-electron chi connectivity index (χ3n) is 4.58. The molecule has 1 fully saturated rings. The van der Waals surface area contributed by atoms with Crippen LogP contribution in [0.3, 0.4) is 0 Å². The van der Waals surface area contributed by atoms with E-state index in [4.69, 9.17) is 10.5 Å². The summed E-state index contributed by atoms with van der Waals surface area (Å²) in [5.41, 5.74) is 5.96. The van der Waals surface area contributed by atoms with Crippen molar-refractivity contribution in [2.24, 2.45) is 5.73 Å². The number of anilines is 1. The van der Waals surface area contributed by atoms with Crippen molar-refractivity contribution >= 4 is 27.5 Å². The normalized spacial score (nSPS) is 14.9. The topological polar surface area (TPSA) is 119 Å². The lowest BCUT2D eigenvalue weighted by molar-refractivity contribution is -0.118. The van der Waals surface area contributed by atoms with Gasteiger partial charge in [0.2, 0.25) is 15.9 Å². The summed E-state index contributed by atoms with van der Waals surface area (Å²) in [6, 6.07) is 12.3. The van der Waals surface area contributed by atoms with Crippen molar-refractivity contribution < 1.29 is 22.7 Å². The van der Waals surface area contributed by atoms with Crippen LogP contribution in [0.15, 0.2) is 53.4 Å². The van der Waals surface area contributed by atoms with Crippen LogP contribution in [0.4, 0.5) is 5.69 Å². The number of benzene rings is 2. The molecule has 1 saturated heterocycles. The second-order valence-corrected chi connectivity index (χ2v) is 8.66. The lowest BCUT2D eigenvalue weighted by atomic mass is 10.2. The van der Waals surface area contributed by atoms with E-state index in [-0.39, 0.29) is 17.1 Å². The van der Waals surface area contributed by atoms with Crippen LogP contribution in [0.5, 0.6) is 5.75 Å². The van der Waals surface area contributed by atoms with E-state index in [9.17, 15) is 18.0 Å². The van der Waals surface area contributed by atoms with E-state index in [1.54, 1.807) is 30.3 Å². The number of amides is 2. The van der Waals surface area contributed by atoms with Crippen molar-refractivity contribution in [1.29, 1.82) is 0 Å². The Labute approximate surface area is 169 Å². The highest BCUT2D eigenvalue weighted by Gasteiger charge is 2.25. The molecule has 2 aromatic rings. The fourth-order valence-corrected chi connectivity index (χ4v) is 4.57. The van der Waals surface area contributed by atoms with Gasteiger partial charge < -0.3 is 15.8 Å². The summed E-state index contributed by atoms with van der Waals surface area (Å²) in [7, 11) is -3.51. The van der Waals surface area contributed by atoms with Crippen molar-refractivity contribution in [3.8, 4) is 5.75 Å². The third-order valence-corrected chi connectivity index (χ3v) is 6.49. The molecule has 9 heteroatoms. The molecule has 1 aliphatic heterocycles. The minimum Gasteiger partial charge on any atom is -0.484 e. The molecule has 0 unspecified atom stereocenters. The Morgan fingerprint density at radius 1 is 1.03 bits per heavy atom. The summed E-state index contributed by atoms with van der Waals surface area (Å²) >= 11 is 0. The molecule has 3 rings (SSSR count). The summed E-state index contributed by atoms with van der Waals surface area (Å²) in [6.07, 6.45) is 2.79. The van der Waals surface area contributed by atoms with Gasteiger partial charge in [0.25, 0.3) is 5.91 Å². The first-order chi connectivity index (χ1) is 13.9.